The first-order chi connectivity index (χ1) is 9.79. The van der Waals surface area contributed by atoms with Crippen LogP contribution in [0.3, 0.4) is 0 Å². The number of sulfonamides is 1. The molecular weight excluding hydrogens is 322 g/mol. The Morgan fingerprint density at radius 3 is 2.43 bits per heavy atom. The van der Waals surface area contributed by atoms with Crippen molar-refractivity contribution in [3.63, 3.8) is 0 Å². The average Bonchev–Trinajstić information content (AvgIpc) is 2.43. The second-order valence-electron chi connectivity index (χ2n) is 4.26. The number of halogens is 3. The highest BCUT2D eigenvalue weighted by atomic mass is 35.5. The molecule has 2 rings (SSSR count). The average molecular weight is 333 g/mol. The minimum absolute atomic E-state index is 0.123. The number of benzene rings is 2. The normalized spacial score (nSPS) is 11.6. The SMILES string of the molecule is Nc1ccc(F)c(S(=O)(=O)NCc2ccc(F)c(Cl)c2)c1. The van der Waals surface area contributed by atoms with Gasteiger partial charge in [0.15, 0.2) is 0 Å². The van der Waals surface area contributed by atoms with Gasteiger partial charge in [0.25, 0.3) is 0 Å². The molecule has 2 aromatic rings. The molecule has 0 heterocycles. The zero-order valence-corrected chi connectivity index (χ0v) is 12.2. The number of anilines is 1. The zero-order chi connectivity index (χ0) is 15.6. The molecule has 0 saturated heterocycles. The topological polar surface area (TPSA) is 72.2 Å². The Labute approximate surface area is 125 Å². The summed E-state index contributed by atoms with van der Waals surface area (Å²) in [6.45, 7) is -0.156. The first kappa shape index (κ1) is 15.7. The maximum Gasteiger partial charge on any atom is 0.243 e. The summed E-state index contributed by atoms with van der Waals surface area (Å²) < 4.78 is 52.8. The summed E-state index contributed by atoms with van der Waals surface area (Å²) in [5.74, 6) is -1.51. The Hall–Kier alpha value is -1.70. The minimum atomic E-state index is -4.08. The highest BCUT2D eigenvalue weighted by Crippen LogP contribution is 2.19. The molecule has 0 aliphatic rings. The van der Waals surface area contributed by atoms with Crippen molar-refractivity contribution in [2.24, 2.45) is 0 Å². The summed E-state index contributed by atoms with van der Waals surface area (Å²) >= 11 is 5.60. The van der Waals surface area contributed by atoms with Crippen LogP contribution in [0.1, 0.15) is 5.56 Å². The molecule has 0 spiro atoms. The van der Waals surface area contributed by atoms with E-state index in [0.717, 1.165) is 18.2 Å². The standard InChI is InChI=1S/C13H11ClF2N2O2S/c14-10-5-8(1-3-11(10)15)7-18-21(19,20)13-6-9(17)2-4-12(13)16/h1-6,18H,7,17H2. The van der Waals surface area contributed by atoms with Gasteiger partial charge in [0.2, 0.25) is 10.0 Å². The highest BCUT2D eigenvalue weighted by molar-refractivity contribution is 7.89. The Bertz CT molecular complexity index is 782. The second kappa shape index (κ2) is 5.97. The first-order valence-corrected chi connectivity index (χ1v) is 7.64. The van der Waals surface area contributed by atoms with Gasteiger partial charge in [-0.15, -0.1) is 0 Å². The molecule has 3 N–H and O–H groups in total. The van der Waals surface area contributed by atoms with E-state index in [2.05, 4.69) is 4.72 Å². The fourth-order valence-corrected chi connectivity index (χ4v) is 2.96. The van der Waals surface area contributed by atoms with E-state index in [1.807, 2.05) is 0 Å². The molecule has 0 fully saturated rings. The van der Waals surface area contributed by atoms with Crippen LogP contribution in [0.15, 0.2) is 41.3 Å². The van der Waals surface area contributed by atoms with E-state index in [0.29, 0.717) is 5.56 Å². The maximum atomic E-state index is 13.6. The van der Waals surface area contributed by atoms with Gasteiger partial charge in [0.1, 0.15) is 16.5 Å². The summed E-state index contributed by atoms with van der Waals surface area (Å²) in [6, 6.07) is 7.03. The van der Waals surface area contributed by atoms with E-state index in [1.165, 1.54) is 18.2 Å². The third kappa shape index (κ3) is 3.69. The van der Waals surface area contributed by atoms with Crippen molar-refractivity contribution >= 4 is 27.3 Å². The number of rotatable bonds is 4. The molecule has 21 heavy (non-hydrogen) atoms. The predicted octanol–water partition coefficient (Wildman–Crippen LogP) is 2.68. The third-order valence-electron chi connectivity index (χ3n) is 2.70. The van der Waals surface area contributed by atoms with Crippen LogP contribution < -0.4 is 10.5 Å². The van der Waals surface area contributed by atoms with Crippen molar-refractivity contribution in [1.29, 1.82) is 0 Å². The van der Waals surface area contributed by atoms with Crippen molar-refractivity contribution in [2.75, 3.05) is 5.73 Å². The summed E-state index contributed by atoms with van der Waals surface area (Å²) in [6.07, 6.45) is 0. The lowest BCUT2D eigenvalue weighted by molar-refractivity contribution is 0.557. The molecule has 4 nitrogen and oxygen atoms in total. The molecule has 0 bridgehead atoms. The van der Waals surface area contributed by atoms with E-state index in [4.69, 9.17) is 17.3 Å². The summed E-state index contributed by atoms with van der Waals surface area (Å²) in [7, 11) is -4.08. The van der Waals surface area contributed by atoms with Crippen molar-refractivity contribution in [2.45, 2.75) is 11.4 Å². The summed E-state index contributed by atoms with van der Waals surface area (Å²) in [5, 5.41) is -0.123. The molecule has 8 heteroatoms. The summed E-state index contributed by atoms with van der Waals surface area (Å²) in [5.41, 5.74) is 6.02. The Balaban J connectivity index is 2.21. The number of nitrogen functional groups attached to an aromatic ring is 1. The lowest BCUT2D eigenvalue weighted by Gasteiger charge is -2.09. The van der Waals surface area contributed by atoms with Gasteiger partial charge >= 0.3 is 0 Å². The van der Waals surface area contributed by atoms with Crippen LogP contribution in [-0.2, 0) is 16.6 Å². The smallest absolute Gasteiger partial charge is 0.243 e. The molecular formula is C13H11ClF2N2O2S. The highest BCUT2D eigenvalue weighted by Gasteiger charge is 2.19. The van der Waals surface area contributed by atoms with Gasteiger partial charge in [0.05, 0.1) is 5.02 Å². The molecule has 0 aliphatic carbocycles. The fraction of sp³-hybridized carbons (Fsp3) is 0.0769. The minimum Gasteiger partial charge on any atom is -0.399 e. The molecule has 0 unspecified atom stereocenters. The Morgan fingerprint density at radius 1 is 1.10 bits per heavy atom. The monoisotopic (exact) mass is 332 g/mol. The van der Waals surface area contributed by atoms with Crippen molar-refractivity contribution in [3.8, 4) is 0 Å². The quantitative estimate of drug-likeness (QED) is 0.845. The number of hydrogen-bond acceptors (Lipinski definition) is 3. The van der Waals surface area contributed by atoms with E-state index in [9.17, 15) is 17.2 Å². The molecule has 0 amide bonds. The van der Waals surface area contributed by atoms with Crippen molar-refractivity contribution in [1.82, 2.24) is 4.72 Å². The molecule has 0 aliphatic heterocycles. The van der Waals surface area contributed by atoms with Crippen LogP contribution in [0, 0.1) is 11.6 Å². The van der Waals surface area contributed by atoms with Crippen LogP contribution in [0.2, 0.25) is 5.02 Å². The van der Waals surface area contributed by atoms with Gasteiger partial charge in [-0.1, -0.05) is 17.7 Å². The van der Waals surface area contributed by atoms with Crippen molar-refractivity contribution in [3.05, 3.63) is 58.6 Å². The fourth-order valence-electron chi connectivity index (χ4n) is 1.63. The van der Waals surface area contributed by atoms with E-state index in [-0.39, 0.29) is 17.3 Å². The van der Waals surface area contributed by atoms with Gasteiger partial charge in [-0.3, -0.25) is 0 Å². The lowest BCUT2D eigenvalue weighted by Crippen LogP contribution is -2.24. The molecule has 0 atom stereocenters. The summed E-state index contributed by atoms with van der Waals surface area (Å²) in [4.78, 5) is -0.546. The molecule has 0 aromatic heterocycles. The lowest BCUT2D eigenvalue weighted by atomic mass is 10.2. The zero-order valence-electron chi connectivity index (χ0n) is 10.6. The van der Waals surface area contributed by atoms with Gasteiger partial charge in [-0.2, -0.15) is 0 Å². The van der Waals surface area contributed by atoms with E-state index in [1.54, 1.807) is 0 Å². The predicted molar refractivity (Wildman–Crippen MR) is 76.2 cm³/mol. The maximum absolute atomic E-state index is 13.6. The largest absolute Gasteiger partial charge is 0.399 e. The van der Waals surface area contributed by atoms with Gasteiger partial charge in [0, 0.05) is 12.2 Å². The molecule has 112 valence electrons. The van der Waals surface area contributed by atoms with Crippen LogP contribution in [-0.4, -0.2) is 8.42 Å². The van der Waals surface area contributed by atoms with Gasteiger partial charge in [-0.05, 0) is 35.9 Å². The first-order valence-electron chi connectivity index (χ1n) is 5.78. The van der Waals surface area contributed by atoms with Crippen LogP contribution in [0.5, 0.6) is 0 Å². The number of nitrogens with two attached hydrogens (primary N) is 1. The Kier molecular flexibility index (Phi) is 4.46. The van der Waals surface area contributed by atoms with E-state index < -0.39 is 26.6 Å². The van der Waals surface area contributed by atoms with Crippen LogP contribution in [0.25, 0.3) is 0 Å². The Morgan fingerprint density at radius 2 is 1.76 bits per heavy atom. The van der Waals surface area contributed by atoms with Crippen LogP contribution >= 0.6 is 11.6 Å². The van der Waals surface area contributed by atoms with Gasteiger partial charge in [-0.25, -0.2) is 21.9 Å². The number of hydrogen-bond donors (Lipinski definition) is 2. The molecule has 2 aromatic carbocycles. The number of nitrogens with one attached hydrogen (secondary N) is 1. The third-order valence-corrected chi connectivity index (χ3v) is 4.40. The molecule has 0 saturated carbocycles. The van der Waals surface area contributed by atoms with Crippen molar-refractivity contribution < 1.29 is 17.2 Å². The van der Waals surface area contributed by atoms with Gasteiger partial charge < -0.3 is 5.73 Å². The van der Waals surface area contributed by atoms with Crippen LogP contribution in [0.4, 0.5) is 14.5 Å². The van der Waals surface area contributed by atoms with E-state index >= 15 is 0 Å². The second-order valence-corrected chi connectivity index (χ2v) is 6.41. The molecule has 0 radical (unpaired) electrons.